The van der Waals surface area contributed by atoms with Crippen LogP contribution in [0.4, 0.5) is 11.8 Å². The standard InChI is InChI=1S/C27H42N6O4S/c1-31-9-6-13-33(15-14-31)27-29-23-19-25(37-16-7-12-32-10-3-4-11-32)24(36-2)18-22(23)26(30-27)28-21-8-5-17-38(34,35)20-21/h18-19,21H,3-17,20H2,1-2H3,(H,28,29,30). The zero-order valence-electron chi connectivity index (χ0n) is 22.8. The Kier molecular flexibility index (Phi) is 8.74. The van der Waals surface area contributed by atoms with Gasteiger partial charge in [-0.05, 0) is 71.3 Å². The zero-order valence-corrected chi connectivity index (χ0v) is 23.6. The number of hydrogen-bond donors (Lipinski definition) is 1. The van der Waals surface area contributed by atoms with Gasteiger partial charge in [0.25, 0.3) is 0 Å². The lowest BCUT2D eigenvalue weighted by Gasteiger charge is -2.26. The van der Waals surface area contributed by atoms with Crippen LogP contribution in [0.1, 0.15) is 38.5 Å². The molecule has 1 aromatic heterocycles. The Bertz CT molecular complexity index is 1200. The SMILES string of the molecule is COc1cc2c(NC3CCCS(=O)(=O)C3)nc(N3CCCN(C)CC3)nc2cc1OCCCN1CCCC1. The maximum atomic E-state index is 12.3. The van der Waals surface area contributed by atoms with Gasteiger partial charge in [-0.3, -0.25) is 0 Å². The Labute approximate surface area is 226 Å². The molecular weight excluding hydrogens is 504 g/mol. The topological polar surface area (TPSA) is 100 Å². The Morgan fingerprint density at radius 1 is 1.00 bits per heavy atom. The van der Waals surface area contributed by atoms with Crippen LogP contribution in [0, 0.1) is 0 Å². The number of hydrogen-bond acceptors (Lipinski definition) is 10. The fourth-order valence-corrected chi connectivity index (χ4v) is 7.34. The van der Waals surface area contributed by atoms with Gasteiger partial charge in [0.2, 0.25) is 5.95 Å². The number of benzene rings is 1. The summed E-state index contributed by atoms with van der Waals surface area (Å²) in [4.78, 5) is 17.0. The monoisotopic (exact) mass is 546 g/mol. The van der Waals surface area contributed by atoms with E-state index >= 15 is 0 Å². The second-order valence-electron chi connectivity index (χ2n) is 10.9. The number of fused-ring (bicyclic) bond motifs is 1. The van der Waals surface area contributed by atoms with Gasteiger partial charge < -0.3 is 29.5 Å². The number of anilines is 2. The molecule has 5 rings (SSSR count). The summed E-state index contributed by atoms with van der Waals surface area (Å²) in [5.74, 6) is 3.01. The Balaban J connectivity index is 1.43. The predicted octanol–water partition coefficient (Wildman–Crippen LogP) is 2.63. The normalized spacial score (nSPS) is 22.9. The molecular formula is C27H42N6O4S. The second kappa shape index (κ2) is 12.2. The van der Waals surface area contributed by atoms with Crippen LogP contribution in [0.15, 0.2) is 12.1 Å². The molecule has 10 nitrogen and oxygen atoms in total. The number of ether oxygens (including phenoxy) is 2. The molecule has 3 aliphatic rings. The van der Waals surface area contributed by atoms with Crippen molar-refractivity contribution in [2.45, 2.75) is 44.6 Å². The van der Waals surface area contributed by atoms with Gasteiger partial charge in [-0.25, -0.2) is 13.4 Å². The van der Waals surface area contributed by atoms with E-state index in [2.05, 4.69) is 27.1 Å². The smallest absolute Gasteiger partial charge is 0.227 e. The van der Waals surface area contributed by atoms with E-state index in [4.69, 9.17) is 19.4 Å². The second-order valence-corrected chi connectivity index (χ2v) is 13.1. The molecule has 1 aromatic carbocycles. The summed E-state index contributed by atoms with van der Waals surface area (Å²) < 4.78 is 36.6. The van der Waals surface area contributed by atoms with Gasteiger partial charge in [0.05, 0.1) is 30.7 Å². The van der Waals surface area contributed by atoms with Gasteiger partial charge in [0, 0.05) is 43.7 Å². The van der Waals surface area contributed by atoms with E-state index in [1.807, 2.05) is 12.1 Å². The first-order chi connectivity index (χ1) is 18.4. The number of nitrogens with zero attached hydrogens (tertiary/aromatic N) is 5. The first-order valence-corrected chi connectivity index (χ1v) is 15.9. The van der Waals surface area contributed by atoms with Gasteiger partial charge in [0.15, 0.2) is 21.3 Å². The van der Waals surface area contributed by atoms with Crippen LogP contribution in [0.25, 0.3) is 10.9 Å². The molecule has 38 heavy (non-hydrogen) atoms. The quantitative estimate of drug-likeness (QED) is 0.473. The third-order valence-corrected chi connectivity index (χ3v) is 9.67. The molecule has 0 saturated carbocycles. The predicted molar refractivity (Wildman–Crippen MR) is 152 cm³/mol. The van der Waals surface area contributed by atoms with Crippen molar-refractivity contribution < 1.29 is 17.9 Å². The molecule has 1 unspecified atom stereocenters. The van der Waals surface area contributed by atoms with Gasteiger partial charge in [-0.1, -0.05) is 0 Å². The van der Waals surface area contributed by atoms with Gasteiger partial charge >= 0.3 is 0 Å². The molecule has 0 spiro atoms. The highest BCUT2D eigenvalue weighted by Crippen LogP contribution is 2.36. The number of aromatic nitrogens is 2. The number of likely N-dealkylation sites (tertiary alicyclic amines) is 1. The highest BCUT2D eigenvalue weighted by atomic mass is 32.2. The lowest BCUT2D eigenvalue weighted by atomic mass is 10.1. The van der Waals surface area contributed by atoms with E-state index < -0.39 is 9.84 Å². The van der Waals surface area contributed by atoms with E-state index in [0.717, 1.165) is 62.9 Å². The van der Waals surface area contributed by atoms with Crippen molar-refractivity contribution in [3.05, 3.63) is 12.1 Å². The largest absolute Gasteiger partial charge is 0.493 e. The van der Waals surface area contributed by atoms with Crippen LogP contribution < -0.4 is 19.7 Å². The fourth-order valence-electron chi connectivity index (χ4n) is 5.70. The van der Waals surface area contributed by atoms with Crippen LogP contribution in [0.2, 0.25) is 0 Å². The first-order valence-electron chi connectivity index (χ1n) is 14.1. The molecule has 1 N–H and O–H groups in total. The Hall–Kier alpha value is -2.37. The summed E-state index contributed by atoms with van der Waals surface area (Å²) >= 11 is 0. The maximum Gasteiger partial charge on any atom is 0.227 e. The molecule has 2 aromatic rings. The molecule has 3 aliphatic heterocycles. The molecule has 0 aliphatic carbocycles. The lowest BCUT2D eigenvalue weighted by Crippen LogP contribution is -2.35. The zero-order chi connectivity index (χ0) is 26.5. The van der Waals surface area contributed by atoms with Gasteiger partial charge in [-0.2, -0.15) is 4.98 Å². The molecule has 11 heteroatoms. The van der Waals surface area contributed by atoms with Crippen LogP contribution in [-0.4, -0.2) is 112 Å². The summed E-state index contributed by atoms with van der Waals surface area (Å²) in [5.41, 5.74) is 0.768. The molecule has 0 bridgehead atoms. The molecule has 0 radical (unpaired) electrons. The molecule has 0 amide bonds. The molecule has 210 valence electrons. The maximum absolute atomic E-state index is 12.3. The minimum atomic E-state index is -3.06. The van der Waals surface area contributed by atoms with E-state index in [1.54, 1.807) is 7.11 Å². The van der Waals surface area contributed by atoms with E-state index in [1.165, 1.54) is 25.9 Å². The van der Waals surface area contributed by atoms with Crippen molar-refractivity contribution in [3.63, 3.8) is 0 Å². The summed E-state index contributed by atoms with van der Waals surface area (Å²) in [5, 5.41) is 4.28. The number of likely N-dealkylation sites (N-methyl/N-ethyl adjacent to an activating group) is 1. The summed E-state index contributed by atoms with van der Waals surface area (Å²) in [6.07, 6.45) is 6.03. The third-order valence-electron chi connectivity index (χ3n) is 7.85. The minimum absolute atomic E-state index is 0.123. The number of nitrogens with one attached hydrogen (secondary N) is 1. The first kappa shape index (κ1) is 27.2. The van der Waals surface area contributed by atoms with Gasteiger partial charge in [-0.15, -0.1) is 0 Å². The van der Waals surface area contributed by atoms with Crippen LogP contribution in [0.5, 0.6) is 11.5 Å². The van der Waals surface area contributed by atoms with Crippen molar-refractivity contribution in [1.29, 1.82) is 0 Å². The summed E-state index contributed by atoms with van der Waals surface area (Å²) in [6, 6.07) is 3.69. The van der Waals surface area contributed by atoms with E-state index in [9.17, 15) is 8.42 Å². The average Bonchev–Trinajstić information content (AvgIpc) is 3.31. The highest BCUT2D eigenvalue weighted by molar-refractivity contribution is 7.91. The van der Waals surface area contributed by atoms with Gasteiger partial charge in [0.1, 0.15) is 5.82 Å². The lowest BCUT2D eigenvalue weighted by molar-refractivity contribution is 0.254. The number of rotatable bonds is 9. The summed E-state index contributed by atoms with van der Waals surface area (Å²) in [7, 11) is 0.725. The molecule has 3 saturated heterocycles. The van der Waals surface area contributed by atoms with E-state index in [-0.39, 0.29) is 17.5 Å². The van der Waals surface area contributed by atoms with Crippen molar-refractivity contribution in [1.82, 2.24) is 19.8 Å². The van der Waals surface area contributed by atoms with Crippen molar-refractivity contribution >= 4 is 32.5 Å². The van der Waals surface area contributed by atoms with Crippen molar-refractivity contribution in [2.75, 3.05) is 88.3 Å². The van der Waals surface area contributed by atoms with Crippen LogP contribution >= 0.6 is 0 Å². The van der Waals surface area contributed by atoms with Crippen molar-refractivity contribution in [2.24, 2.45) is 0 Å². The van der Waals surface area contributed by atoms with Crippen LogP contribution in [0.3, 0.4) is 0 Å². The fraction of sp³-hybridized carbons (Fsp3) is 0.704. The minimum Gasteiger partial charge on any atom is -0.493 e. The number of methoxy groups -OCH3 is 1. The highest BCUT2D eigenvalue weighted by Gasteiger charge is 2.27. The summed E-state index contributed by atoms with van der Waals surface area (Å²) in [6.45, 7) is 7.73. The molecule has 4 heterocycles. The number of sulfone groups is 1. The Morgan fingerprint density at radius 3 is 2.63 bits per heavy atom. The van der Waals surface area contributed by atoms with Crippen LogP contribution in [-0.2, 0) is 9.84 Å². The molecule has 1 atom stereocenters. The van der Waals surface area contributed by atoms with Crippen molar-refractivity contribution in [3.8, 4) is 11.5 Å². The average molecular weight is 547 g/mol. The van der Waals surface area contributed by atoms with E-state index in [0.29, 0.717) is 36.3 Å². The third kappa shape index (κ3) is 6.79. The molecule has 3 fully saturated rings. The Morgan fingerprint density at radius 2 is 1.84 bits per heavy atom.